The first-order valence-electron chi connectivity index (χ1n) is 11.1. The minimum Gasteiger partial charge on any atom is -0.352 e. The number of benzene rings is 2. The van der Waals surface area contributed by atoms with Crippen LogP contribution in [0.25, 0.3) is 0 Å². The molecule has 3 rings (SSSR count). The first-order valence-corrected chi connectivity index (χ1v) is 13.0. The van der Waals surface area contributed by atoms with Crippen molar-refractivity contribution in [2.75, 3.05) is 5.75 Å². The molecular formula is C25H30Cl2N2O2S. The Morgan fingerprint density at radius 2 is 1.84 bits per heavy atom. The van der Waals surface area contributed by atoms with Gasteiger partial charge in [0.15, 0.2) is 0 Å². The predicted octanol–water partition coefficient (Wildman–Crippen LogP) is 6.09. The molecular weight excluding hydrogens is 463 g/mol. The van der Waals surface area contributed by atoms with E-state index in [2.05, 4.69) is 17.4 Å². The lowest BCUT2D eigenvalue weighted by Crippen LogP contribution is -2.49. The van der Waals surface area contributed by atoms with Crippen LogP contribution in [0.1, 0.15) is 50.2 Å². The van der Waals surface area contributed by atoms with Crippen LogP contribution < -0.4 is 5.32 Å². The summed E-state index contributed by atoms with van der Waals surface area (Å²) in [5.74, 6) is 1.39. The number of carbonyl (C=O) groups excluding carboxylic acids is 2. The zero-order chi connectivity index (χ0) is 22.9. The van der Waals surface area contributed by atoms with Crippen LogP contribution in [-0.2, 0) is 21.9 Å². The molecule has 7 heteroatoms. The van der Waals surface area contributed by atoms with Crippen molar-refractivity contribution < 1.29 is 9.59 Å². The number of amides is 2. The normalized spacial score (nSPS) is 14.8. The third-order valence-electron chi connectivity index (χ3n) is 5.80. The summed E-state index contributed by atoms with van der Waals surface area (Å²) in [5.41, 5.74) is 2.01. The van der Waals surface area contributed by atoms with Crippen molar-refractivity contribution in [3.63, 3.8) is 0 Å². The minimum atomic E-state index is -0.575. The maximum Gasteiger partial charge on any atom is 0.242 e. The van der Waals surface area contributed by atoms with E-state index >= 15 is 0 Å². The molecule has 0 saturated heterocycles. The van der Waals surface area contributed by atoms with E-state index in [-0.39, 0.29) is 24.4 Å². The van der Waals surface area contributed by atoms with Crippen molar-refractivity contribution in [3.05, 3.63) is 69.7 Å². The van der Waals surface area contributed by atoms with E-state index in [0.717, 1.165) is 37.0 Å². The van der Waals surface area contributed by atoms with E-state index in [9.17, 15) is 9.59 Å². The van der Waals surface area contributed by atoms with Crippen molar-refractivity contribution in [2.24, 2.45) is 0 Å². The van der Waals surface area contributed by atoms with Crippen LogP contribution in [0.3, 0.4) is 0 Å². The van der Waals surface area contributed by atoms with Crippen molar-refractivity contribution in [1.29, 1.82) is 0 Å². The Morgan fingerprint density at radius 1 is 1.12 bits per heavy atom. The Morgan fingerprint density at radius 3 is 2.53 bits per heavy atom. The lowest BCUT2D eigenvalue weighted by Gasteiger charge is -2.30. The maximum absolute atomic E-state index is 13.2. The molecule has 0 aromatic heterocycles. The zero-order valence-electron chi connectivity index (χ0n) is 18.4. The molecule has 1 aliphatic carbocycles. The monoisotopic (exact) mass is 492 g/mol. The van der Waals surface area contributed by atoms with Gasteiger partial charge in [-0.3, -0.25) is 9.59 Å². The Balaban J connectivity index is 1.63. The first-order chi connectivity index (χ1) is 15.4. The van der Waals surface area contributed by atoms with Gasteiger partial charge in [0.05, 0.1) is 0 Å². The summed E-state index contributed by atoms with van der Waals surface area (Å²) in [4.78, 5) is 27.7. The molecule has 0 bridgehead atoms. The van der Waals surface area contributed by atoms with Gasteiger partial charge in [0.1, 0.15) is 6.04 Å². The number of rotatable bonds is 10. The highest BCUT2D eigenvalue weighted by molar-refractivity contribution is 7.98. The van der Waals surface area contributed by atoms with Gasteiger partial charge in [-0.25, -0.2) is 0 Å². The number of nitrogens with one attached hydrogen (secondary N) is 1. The van der Waals surface area contributed by atoms with Crippen LogP contribution in [0.4, 0.5) is 0 Å². The molecule has 0 spiro atoms. The number of hydrogen-bond acceptors (Lipinski definition) is 3. The highest BCUT2D eigenvalue weighted by Gasteiger charge is 2.28. The Hall–Kier alpha value is -1.69. The summed E-state index contributed by atoms with van der Waals surface area (Å²) in [6.45, 7) is 2.07. The number of hydrogen-bond donors (Lipinski definition) is 1. The molecule has 172 valence electrons. The van der Waals surface area contributed by atoms with Crippen LogP contribution in [-0.4, -0.2) is 34.6 Å². The Labute approximate surface area is 205 Å². The molecule has 2 amide bonds. The Bertz CT molecular complexity index is 904. The van der Waals surface area contributed by atoms with Crippen LogP contribution in [0.5, 0.6) is 0 Å². The van der Waals surface area contributed by atoms with Gasteiger partial charge in [0.25, 0.3) is 0 Å². The molecule has 4 nitrogen and oxygen atoms in total. The van der Waals surface area contributed by atoms with E-state index < -0.39 is 6.04 Å². The average Bonchev–Trinajstić information content (AvgIpc) is 3.29. The van der Waals surface area contributed by atoms with Crippen molar-refractivity contribution in [2.45, 2.75) is 63.4 Å². The highest BCUT2D eigenvalue weighted by Crippen LogP contribution is 2.24. The van der Waals surface area contributed by atoms with Crippen LogP contribution in [0, 0.1) is 0 Å². The Kier molecular flexibility index (Phi) is 9.76. The first kappa shape index (κ1) is 24.9. The summed E-state index contributed by atoms with van der Waals surface area (Å²) >= 11 is 14.1. The maximum atomic E-state index is 13.2. The van der Waals surface area contributed by atoms with Crippen LogP contribution >= 0.6 is 35.0 Å². The fourth-order valence-electron chi connectivity index (χ4n) is 3.88. The molecule has 1 atom stereocenters. The second-order valence-electron chi connectivity index (χ2n) is 8.21. The smallest absolute Gasteiger partial charge is 0.242 e. The lowest BCUT2D eigenvalue weighted by molar-refractivity contribution is -0.140. The molecule has 1 N–H and O–H groups in total. The van der Waals surface area contributed by atoms with Gasteiger partial charge in [-0.15, -0.1) is 0 Å². The zero-order valence-corrected chi connectivity index (χ0v) is 20.7. The molecule has 1 aliphatic rings. The predicted molar refractivity (Wildman–Crippen MR) is 134 cm³/mol. The summed E-state index contributed by atoms with van der Waals surface area (Å²) in [7, 11) is 0. The average molecular weight is 494 g/mol. The quantitative estimate of drug-likeness (QED) is 0.408. The third-order valence-corrected chi connectivity index (χ3v) is 7.41. The molecule has 2 aromatic rings. The molecule has 1 unspecified atom stereocenters. The molecule has 0 radical (unpaired) electrons. The van der Waals surface area contributed by atoms with Gasteiger partial charge >= 0.3 is 0 Å². The molecule has 0 aliphatic heterocycles. The van der Waals surface area contributed by atoms with Gasteiger partial charge in [-0.2, -0.15) is 11.8 Å². The fourth-order valence-corrected chi connectivity index (χ4v) is 5.24. The van der Waals surface area contributed by atoms with Gasteiger partial charge in [0.2, 0.25) is 11.8 Å². The summed E-state index contributed by atoms with van der Waals surface area (Å²) in [6, 6.07) is 15.1. The topological polar surface area (TPSA) is 49.4 Å². The van der Waals surface area contributed by atoms with Gasteiger partial charge < -0.3 is 10.2 Å². The second kappa shape index (κ2) is 12.5. The van der Waals surface area contributed by atoms with E-state index in [1.807, 2.05) is 24.3 Å². The number of nitrogens with zero attached hydrogens (tertiary/aromatic N) is 1. The van der Waals surface area contributed by atoms with E-state index in [1.165, 1.54) is 5.56 Å². The largest absolute Gasteiger partial charge is 0.352 e. The van der Waals surface area contributed by atoms with Crippen LogP contribution in [0.2, 0.25) is 10.0 Å². The summed E-state index contributed by atoms with van der Waals surface area (Å²) < 4.78 is 0. The summed E-state index contributed by atoms with van der Waals surface area (Å²) in [6.07, 6.45) is 4.66. The molecule has 1 saturated carbocycles. The van der Waals surface area contributed by atoms with E-state index in [1.54, 1.807) is 35.7 Å². The highest BCUT2D eigenvalue weighted by atomic mass is 35.5. The lowest BCUT2D eigenvalue weighted by atomic mass is 10.1. The fraction of sp³-hybridized carbons (Fsp3) is 0.440. The van der Waals surface area contributed by atoms with Gasteiger partial charge in [-0.1, -0.05) is 72.4 Å². The van der Waals surface area contributed by atoms with Crippen molar-refractivity contribution in [3.8, 4) is 0 Å². The van der Waals surface area contributed by atoms with E-state index in [4.69, 9.17) is 23.2 Å². The van der Waals surface area contributed by atoms with Gasteiger partial charge in [0, 0.05) is 40.6 Å². The molecule has 2 aromatic carbocycles. The number of thioether (sulfide) groups is 1. The number of carbonyl (C=O) groups is 2. The second-order valence-corrected chi connectivity index (χ2v) is 10.2. The summed E-state index contributed by atoms with van der Waals surface area (Å²) in [5, 5.41) is 4.16. The standard InChI is InChI=1S/C25H30Cl2N2O2S/c1-18(25(31)28-22-9-5-6-10-22)29(16-20-11-12-21(26)15-23(20)27)24(30)13-14-32-17-19-7-3-2-4-8-19/h2-4,7-8,11-12,15,18,22H,5-6,9-10,13-14,16-17H2,1H3,(H,28,31). The molecule has 1 fully saturated rings. The van der Waals surface area contributed by atoms with Crippen molar-refractivity contribution in [1.82, 2.24) is 10.2 Å². The molecule has 32 heavy (non-hydrogen) atoms. The van der Waals surface area contributed by atoms with Gasteiger partial charge in [-0.05, 0) is 43.0 Å². The van der Waals surface area contributed by atoms with E-state index in [0.29, 0.717) is 22.2 Å². The molecule has 0 heterocycles. The van der Waals surface area contributed by atoms with Crippen LogP contribution in [0.15, 0.2) is 48.5 Å². The number of halogens is 2. The van der Waals surface area contributed by atoms with Crippen molar-refractivity contribution >= 4 is 46.8 Å². The minimum absolute atomic E-state index is 0.0503. The SMILES string of the molecule is CC(C(=O)NC1CCCC1)N(Cc1ccc(Cl)cc1Cl)C(=O)CCSCc1ccccc1. The third kappa shape index (κ3) is 7.43.